The van der Waals surface area contributed by atoms with E-state index in [1.807, 2.05) is 0 Å². The Kier molecular flexibility index (Phi) is 4.54. The number of aromatic nitrogens is 2. The van der Waals surface area contributed by atoms with Crippen molar-refractivity contribution in [2.75, 3.05) is 13.1 Å². The number of nitrogens with one attached hydrogen (secondary N) is 3. The zero-order chi connectivity index (χ0) is 13.8. The minimum Gasteiger partial charge on any atom is -0.351 e. The number of piperidine rings is 1. The van der Waals surface area contributed by atoms with Gasteiger partial charge in [0.2, 0.25) is 5.91 Å². The summed E-state index contributed by atoms with van der Waals surface area (Å²) in [5, 5.41) is 6.05. The number of carbonyl (C=O) groups is 1. The molecule has 8 heteroatoms. The molecular formula is C11H15BrN4O3. The van der Waals surface area contributed by atoms with E-state index in [-0.39, 0.29) is 23.0 Å². The molecular weight excluding hydrogens is 316 g/mol. The first kappa shape index (κ1) is 14.0. The van der Waals surface area contributed by atoms with Gasteiger partial charge in [0.15, 0.2) is 0 Å². The van der Waals surface area contributed by atoms with E-state index in [1.165, 1.54) is 6.20 Å². The van der Waals surface area contributed by atoms with Crippen LogP contribution in [0.1, 0.15) is 12.8 Å². The highest BCUT2D eigenvalue weighted by Gasteiger charge is 2.15. The van der Waals surface area contributed by atoms with Gasteiger partial charge in [0, 0.05) is 18.8 Å². The molecule has 0 radical (unpaired) electrons. The molecule has 1 aliphatic rings. The second-order valence-corrected chi connectivity index (χ2v) is 5.33. The lowest BCUT2D eigenvalue weighted by atomic mass is 10.1. The van der Waals surface area contributed by atoms with E-state index in [0.29, 0.717) is 0 Å². The van der Waals surface area contributed by atoms with E-state index in [1.54, 1.807) is 0 Å². The van der Waals surface area contributed by atoms with Crippen LogP contribution in [0.25, 0.3) is 0 Å². The summed E-state index contributed by atoms with van der Waals surface area (Å²) in [6, 6.07) is 0.100. The van der Waals surface area contributed by atoms with Gasteiger partial charge in [-0.1, -0.05) is 0 Å². The maximum Gasteiger partial charge on any atom is 0.328 e. The Labute approximate surface area is 117 Å². The minimum absolute atomic E-state index is 0.100. The van der Waals surface area contributed by atoms with Crippen LogP contribution in [0.3, 0.4) is 0 Å². The SMILES string of the molecule is O=C(Cn1cc(Br)c(=O)[nH]c1=O)NC1CCCNC1. The Balaban J connectivity index is 2.00. The first-order valence-corrected chi connectivity index (χ1v) is 6.85. The number of amides is 1. The molecule has 104 valence electrons. The van der Waals surface area contributed by atoms with Gasteiger partial charge in [-0.05, 0) is 35.3 Å². The highest BCUT2D eigenvalue weighted by molar-refractivity contribution is 9.10. The number of hydrogen-bond acceptors (Lipinski definition) is 4. The van der Waals surface area contributed by atoms with Crippen molar-refractivity contribution >= 4 is 21.8 Å². The quantitative estimate of drug-likeness (QED) is 0.673. The lowest BCUT2D eigenvalue weighted by Gasteiger charge is -2.23. The standard InChI is InChI=1S/C11H15BrN4O3/c12-8-5-16(11(19)15-10(8)18)6-9(17)14-7-2-1-3-13-4-7/h5,7,13H,1-4,6H2,(H,14,17)(H,15,18,19). The van der Waals surface area contributed by atoms with Gasteiger partial charge in [-0.25, -0.2) is 4.79 Å². The summed E-state index contributed by atoms with van der Waals surface area (Å²) >= 11 is 3.02. The molecule has 1 aromatic rings. The number of H-pyrrole nitrogens is 1. The Morgan fingerprint density at radius 3 is 3.00 bits per heavy atom. The van der Waals surface area contributed by atoms with Crippen molar-refractivity contribution in [2.45, 2.75) is 25.4 Å². The highest BCUT2D eigenvalue weighted by Crippen LogP contribution is 2.01. The molecule has 1 saturated heterocycles. The van der Waals surface area contributed by atoms with Gasteiger partial charge in [-0.3, -0.25) is 19.1 Å². The molecule has 0 aromatic carbocycles. The largest absolute Gasteiger partial charge is 0.351 e. The molecule has 1 unspecified atom stereocenters. The fraction of sp³-hybridized carbons (Fsp3) is 0.545. The van der Waals surface area contributed by atoms with Crippen molar-refractivity contribution in [2.24, 2.45) is 0 Å². The molecule has 0 saturated carbocycles. The molecule has 3 N–H and O–H groups in total. The molecule has 1 aliphatic heterocycles. The van der Waals surface area contributed by atoms with E-state index in [0.717, 1.165) is 30.5 Å². The van der Waals surface area contributed by atoms with Gasteiger partial charge in [0.1, 0.15) is 6.54 Å². The van der Waals surface area contributed by atoms with Crippen LogP contribution in [0.2, 0.25) is 0 Å². The minimum atomic E-state index is -0.592. The molecule has 1 fully saturated rings. The third-order valence-corrected chi connectivity index (χ3v) is 3.51. The molecule has 19 heavy (non-hydrogen) atoms. The summed E-state index contributed by atoms with van der Waals surface area (Å²) in [6.45, 7) is 1.61. The Morgan fingerprint density at radius 2 is 2.32 bits per heavy atom. The molecule has 0 bridgehead atoms. The van der Waals surface area contributed by atoms with E-state index in [9.17, 15) is 14.4 Å². The average Bonchev–Trinajstić information content (AvgIpc) is 2.37. The summed E-state index contributed by atoms with van der Waals surface area (Å²) in [6.07, 6.45) is 3.28. The number of hydrogen-bond donors (Lipinski definition) is 3. The molecule has 1 atom stereocenters. The van der Waals surface area contributed by atoms with Gasteiger partial charge < -0.3 is 10.6 Å². The van der Waals surface area contributed by atoms with Crippen LogP contribution in [0.15, 0.2) is 20.3 Å². The predicted molar refractivity (Wildman–Crippen MR) is 73.1 cm³/mol. The first-order valence-electron chi connectivity index (χ1n) is 6.05. The van der Waals surface area contributed by atoms with Crippen LogP contribution >= 0.6 is 15.9 Å². The van der Waals surface area contributed by atoms with E-state index in [4.69, 9.17) is 0 Å². The molecule has 1 aromatic heterocycles. The smallest absolute Gasteiger partial charge is 0.328 e. The Hall–Kier alpha value is -1.41. The summed E-state index contributed by atoms with van der Waals surface area (Å²) in [7, 11) is 0. The molecule has 1 amide bonds. The number of carbonyl (C=O) groups excluding carboxylic acids is 1. The monoisotopic (exact) mass is 330 g/mol. The van der Waals surface area contributed by atoms with Crippen LogP contribution in [-0.2, 0) is 11.3 Å². The van der Waals surface area contributed by atoms with E-state index >= 15 is 0 Å². The third-order valence-electron chi connectivity index (χ3n) is 2.94. The zero-order valence-electron chi connectivity index (χ0n) is 10.2. The summed E-state index contributed by atoms with van der Waals surface area (Å²) < 4.78 is 1.39. The van der Waals surface area contributed by atoms with Crippen molar-refractivity contribution < 1.29 is 4.79 Å². The van der Waals surface area contributed by atoms with Crippen molar-refractivity contribution in [3.63, 3.8) is 0 Å². The average molecular weight is 331 g/mol. The summed E-state index contributed by atoms with van der Waals surface area (Å²) in [5.74, 6) is -0.241. The molecule has 0 spiro atoms. The maximum atomic E-state index is 11.8. The first-order chi connectivity index (χ1) is 9.06. The van der Waals surface area contributed by atoms with Gasteiger partial charge in [-0.2, -0.15) is 0 Å². The Morgan fingerprint density at radius 1 is 1.53 bits per heavy atom. The second kappa shape index (κ2) is 6.16. The van der Waals surface area contributed by atoms with E-state index < -0.39 is 11.2 Å². The molecule has 0 aliphatic carbocycles. The topological polar surface area (TPSA) is 96.0 Å². The van der Waals surface area contributed by atoms with Gasteiger partial charge in [0.25, 0.3) is 5.56 Å². The van der Waals surface area contributed by atoms with Gasteiger partial charge >= 0.3 is 5.69 Å². The fourth-order valence-corrected chi connectivity index (χ4v) is 2.35. The normalized spacial score (nSPS) is 19.1. The van der Waals surface area contributed by atoms with Crippen LogP contribution < -0.4 is 21.9 Å². The van der Waals surface area contributed by atoms with Crippen LogP contribution in [-0.4, -0.2) is 34.6 Å². The van der Waals surface area contributed by atoms with E-state index in [2.05, 4.69) is 31.5 Å². The van der Waals surface area contributed by atoms with Crippen LogP contribution in [0.4, 0.5) is 0 Å². The predicted octanol–water partition coefficient (Wildman–Crippen LogP) is -0.833. The lowest BCUT2D eigenvalue weighted by molar-refractivity contribution is -0.122. The fourth-order valence-electron chi connectivity index (χ4n) is 2.00. The van der Waals surface area contributed by atoms with Crippen molar-refractivity contribution in [3.05, 3.63) is 31.5 Å². The summed E-state index contributed by atoms with van der Waals surface area (Å²) in [4.78, 5) is 36.6. The number of rotatable bonds is 3. The zero-order valence-corrected chi connectivity index (χ0v) is 11.8. The number of halogens is 1. The lowest BCUT2D eigenvalue weighted by Crippen LogP contribution is -2.47. The van der Waals surface area contributed by atoms with Gasteiger partial charge in [0.05, 0.1) is 4.47 Å². The van der Waals surface area contributed by atoms with Gasteiger partial charge in [-0.15, -0.1) is 0 Å². The van der Waals surface area contributed by atoms with Crippen LogP contribution in [0.5, 0.6) is 0 Å². The van der Waals surface area contributed by atoms with Crippen molar-refractivity contribution in [1.29, 1.82) is 0 Å². The third kappa shape index (κ3) is 3.77. The molecule has 2 rings (SSSR count). The number of nitrogens with zero attached hydrogens (tertiary/aromatic N) is 1. The molecule has 7 nitrogen and oxygen atoms in total. The maximum absolute atomic E-state index is 11.8. The van der Waals surface area contributed by atoms with Crippen molar-refractivity contribution in [1.82, 2.24) is 20.2 Å². The van der Waals surface area contributed by atoms with Crippen molar-refractivity contribution in [3.8, 4) is 0 Å². The Bertz CT molecular complexity index is 574. The molecule has 2 heterocycles. The summed E-state index contributed by atoms with van der Waals surface area (Å²) in [5.41, 5.74) is -1.09. The van der Waals surface area contributed by atoms with Crippen LogP contribution in [0, 0.1) is 0 Å². The highest BCUT2D eigenvalue weighted by atomic mass is 79.9. The number of aromatic amines is 1. The second-order valence-electron chi connectivity index (χ2n) is 4.48.